The molecular weight excluding hydrogens is 459 g/mol. The minimum absolute atomic E-state index is 0.225. The van der Waals surface area contributed by atoms with E-state index in [4.69, 9.17) is 9.47 Å². The summed E-state index contributed by atoms with van der Waals surface area (Å²) < 4.78 is 11.9. The van der Waals surface area contributed by atoms with Crippen LogP contribution in [0.2, 0.25) is 0 Å². The maximum atomic E-state index is 12.4. The van der Waals surface area contributed by atoms with Gasteiger partial charge in [-0.25, -0.2) is 4.79 Å². The van der Waals surface area contributed by atoms with E-state index in [1.807, 2.05) is 12.1 Å². The highest BCUT2D eigenvalue weighted by atomic mass is 127. The summed E-state index contributed by atoms with van der Waals surface area (Å²) >= 11 is 2.17. The number of rotatable bonds is 6. The predicted octanol–water partition coefficient (Wildman–Crippen LogP) is 4.27. The number of hydrogen-bond donors (Lipinski definition) is 1. The van der Waals surface area contributed by atoms with Crippen LogP contribution in [0.5, 0.6) is 11.5 Å². The molecule has 1 N–H and O–H groups in total. The van der Waals surface area contributed by atoms with E-state index in [-0.39, 0.29) is 5.56 Å². The number of nitrogens with zero attached hydrogens (tertiary/aromatic N) is 1. The molecule has 6 nitrogen and oxygen atoms in total. The van der Waals surface area contributed by atoms with Gasteiger partial charge in [-0.3, -0.25) is 9.78 Å². The van der Waals surface area contributed by atoms with E-state index < -0.39 is 18.5 Å². The van der Waals surface area contributed by atoms with Crippen LogP contribution < -0.4 is 10.1 Å². The molecule has 3 aromatic rings. The van der Waals surface area contributed by atoms with Crippen molar-refractivity contribution < 1.29 is 19.1 Å². The zero-order valence-corrected chi connectivity index (χ0v) is 16.3. The third kappa shape index (κ3) is 5.52. The number of halogens is 1. The number of carbonyl (C=O) groups is 2. The van der Waals surface area contributed by atoms with Crippen molar-refractivity contribution in [3.63, 3.8) is 0 Å². The highest BCUT2D eigenvalue weighted by Crippen LogP contribution is 2.25. The van der Waals surface area contributed by atoms with Crippen LogP contribution in [0, 0.1) is 3.57 Å². The average molecular weight is 474 g/mol. The first-order valence-corrected chi connectivity index (χ1v) is 9.09. The van der Waals surface area contributed by atoms with Gasteiger partial charge in [-0.05, 0) is 71.1 Å². The standard InChI is InChI=1S/C20H15IN2O4/c21-14-7-9-15(10-8-14)23-19(24)13-26-20(25)17-5-1-2-6-18(17)27-16-4-3-11-22-12-16/h1-12H,13H2,(H,23,24). The fraction of sp³-hybridized carbons (Fsp3) is 0.0500. The lowest BCUT2D eigenvalue weighted by atomic mass is 10.2. The molecule has 0 aliphatic heterocycles. The molecule has 1 amide bonds. The highest BCUT2D eigenvalue weighted by molar-refractivity contribution is 14.1. The summed E-state index contributed by atoms with van der Waals surface area (Å²) in [4.78, 5) is 28.3. The van der Waals surface area contributed by atoms with Crippen LogP contribution in [0.3, 0.4) is 0 Å². The van der Waals surface area contributed by atoms with Crippen LogP contribution in [0.25, 0.3) is 0 Å². The number of benzene rings is 2. The summed E-state index contributed by atoms with van der Waals surface area (Å²) in [5, 5.41) is 2.67. The number of hydrogen-bond acceptors (Lipinski definition) is 5. The van der Waals surface area contributed by atoms with Gasteiger partial charge in [0.05, 0.1) is 6.20 Å². The molecule has 136 valence electrons. The molecule has 0 saturated heterocycles. The Labute approximate surface area is 169 Å². The Balaban J connectivity index is 1.61. The molecule has 0 atom stereocenters. The number of aromatic nitrogens is 1. The maximum absolute atomic E-state index is 12.4. The van der Waals surface area contributed by atoms with Gasteiger partial charge < -0.3 is 14.8 Å². The van der Waals surface area contributed by atoms with Gasteiger partial charge in [0.25, 0.3) is 5.91 Å². The summed E-state index contributed by atoms with van der Waals surface area (Å²) in [5.74, 6) is -0.245. The SMILES string of the molecule is O=C(COC(=O)c1ccccc1Oc1cccnc1)Nc1ccc(I)cc1. The maximum Gasteiger partial charge on any atom is 0.342 e. The summed E-state index contributed by atoms with van der Waals surface area (Å²) in [6.45, 7) is -0.397. The molecule has 1 heterocycles. The molecule has 0 radical (unpaired) electrons. The Kier molecular flexibility index (Phi) is 6.37. The third-order valence-electron chi connectivity index (χ3n) is 3.43. The van der Waals surface area contributed by atoms with E-state index >= 15 is 0 Å². The highest BCUT2D eigenvalue weighted by Gasteiger charge is 2.16. The van der Waals surface area contributed by atoms with Crippen LogP contribution in [0.4, 0.5) is 5.69 Å². The molecule has 0 fully saturated rings. The van der Waals surface area contributed by atoms with Crippen molar-refractivity contribution in [2.24, 2.45) is 0 Å². The summed E-state index contributed by atoms with van der Waals surface area (Å²) in [7, 11) is 0. The number of carbonyl (C=O) groups excluding carboxylic acids is 2. The fourth-order valence-electron chi connectivity index (χ4n) is 2.20. The monoisotopic (exact) mass is 474 g/mol. The van der Waals surface area contributed by atoms with Crippen molar-refractivity contribution in [2.45, 2.75) is 0 Å². The first kappa shape index (κ1) is 18.8. The largest absolute Gasteiger partial charge is 0.455 e. The van der Waals surface area contributed by atoms with Gasteiger partial charge in [-0.2, -0.15) is 0 Å². The summed E-state index contributed by atoms with van der Waals surface area (Å²) in [6.07, 6.45) is 3.16. The molecule has 0 saturated carbocycles. The van der Waals surface area contributed by atoms with Crippen LogP contribution in [0.15, 0.2) is 73.1 Å². The van der Waals surface area contributed by atoms with Gasteiger partial charge in [0.1, 0.15) is 17.1 Å². The molecule has 0 aliphatic rings. The van der Waals surface area contributed by atoms with E-state index in [1.165, 1.54) is 6.20 Å². The first-order valence-electron chi connectivity index (χ1n) is 8.01. The number of amides is 1. The molecule has 0 bridgehead atoms. The first-order chi connectivity index (χ1) is 13.1. The molecule has 3 rings (SSSR count). The van der Waals surface area contributed by atoms with E-state index in [9.17, 15) is 9.59 Å². The lowest BCUT2D eigenvalue weighted by molar-refractivity contribution is -0.119. The van der Waals surface area contributed by atoms with E-state index in [2.05, 4.69) is 32.9 Å². The number of para-hydroxylation sites is 1. The molecule has 7 heteroatoms. The van der Waals surface area contributed by atoms with Crippen molar-refractivity contribution in [1.29, 1.82) is 0 Å². The van der Waals surface area contributed by atoms with Crippen LogP contribution in [0.1, 0.15) is 10.4 Å². The normalized spacial score (nSPS) is 10.1. The second kappa shape index (κ2) is 9.13. The number of pyridine rings is 1. The number of ether oxygens (including phenoxy) is 2. The minimum Gasteiger partial charge on any atom is -0.455 e. The minimum atomic E-state index is -0.646. The molecule has 1 aromatic heterocycles. The van der Waals surface area contributed by atoms with Gasteiger partial charge >= 0.3 is 5.97 Å². The zero-order chi connectivity index (χ0) is 19.1. The smallest absolute Gasteiger partial charge is 0.342 e. The van der Waals surface area contributed by atoms with Gasteiger partial charge in [0.15, 0.2) is 6.61 Å². The Hall–Kier alpha value is -2.94. The number of anilines is 1. The molecule has 0 aliphatic carbocycles. The van der Waals surface area contributed by atoms with E-state index in [0.29, 0.717) is 17.2 Å². The summed E-state index contributed by atoms with van der Waals surface area (Å²) in [6, 6.07) is 17.4. The zero-order valence-electron chi connectivity index (χ0n) is 14.1. The average Bonchev–Trinajstić information content (AvgIpc) is 2.69. The van der Waals surface area contributed by atoms with Crippen molar-refractivity contribution in [3.8, 4) is 11.5 Å². The van der Waals surface area contributed by atoms with Crippen molar-refractivity contribution >= 4 is 40.2 Å². The molecule has 0 unspecified atom stereocenters. The third-order valence-corrected chi connectivity index (χ3v) is 4.15. The second-order valence-corrected chi connectivity index (χ2v) is 6.66. The molecule has 27 heavy (non-hydrogen) atoms. The van der Waals surface area contributed by atoms with E-state index in [1.54, 1.807) is 54.7 Å². The van der Waals surface area contributed by atoms with E-state index in [0.717, 1.165) is 3.57 Å². The molecular formula is C20H15IN2O4. The Morgan fingerprint density at radius 2 is 1.78 bits per heavy atom. The predicted molar refractivity (Wildman–Crippen MR) is 109 cm³/mol. The lowest BCUT2D eigenvalue weighted by Crippen LogP contribution is -2.21. The second-order valence-electron chi connectivity index (χ2n) is 5.42. The Bertz CT molecular complexity index is 930. The topological polar surface area (TPSA) is 77.5 Å². The van der Waals surface area contributed by atoms with Gasteiger partial charge in [0, 0.05) is 15.5 Å². The quantitative estimate of drug-likeness (QED) is 0.427. The van der Waals surface area contributed by atoms with Crippen molar-refractivity contribution in [2.75, 3.05) is 11.9 Å². The van der Waals surface area contributed by atoms with Gasteiger partial charge in [-0.1, -0.05) is 12.1 Å². The Morgan fingerprint density at radius 3 is 2.52 bits per heavy atom. The lowest BCUT2D eigenvalue weighted by Gasteiger charge is -2.11. The van der Waals surface area contributed by atoms with Gasteiger partial charge in [-0.15, -0.1) is 0 Å². The van der Waals surface area contributed by atoms with Crippen molar-refractivity contribution in [1.82, 2.24) is 4.98 Å². The molecule has 2 aromatic carbocycles. The number of esters is 1. The van der Waals surface area contributed by atoms with Crippen molar-refractivity contribution in [3.05, 3.63) is 82.2 Å². The van der Waals surface area contributed by atoms with Crippen LogP contribution in [-0.2, 0) is 9.53 Å². The van der Waals surface area contributed by atoms with Crippen LogP contribution in [-0.4, -0.2) is 23.5 Å². The number of nitrogens with one attached hydrogen (secondary N) is 1. The van der Waals surface area contributed by atoms with Crippen LogP contribution >= 0.6 is 22.6 Å². The Morgan fingerprint density at radius 1 is 1.00 bits per heavy atom. The molecule has 0 spiro atoms. The summed E-state index contributed by atoms with van der Waals surface area (Å²) in [5.41, 5.74) is 0.861. The van der Waals surface area contributed by atoms with Gasteiger partial charge in [0.2, 0.25) is 0 Å². The fourth-order valence-corrected chi connectivity index (χ4v) is 2.56.